The molecule has 1 unspecified atom stereocenters. The highest BCUT2D eigenvalue weighted by Crippen LogP contribution is 2.15. The topological polar surface area (TPSA) is 67.6 Å². The van der Waals surface area contributed by atoms with Gasteiger partial charge in [0.15, 0.2) is 0 Å². The van der Waals surface area contributed by atoms with Crippen molar-refractivity contribution < 1.29 is 9.53 Å². The monoisotopic (exact) mass is 271 g/mol. The summed E-state index contributed by atoms with van der Waals surface area (Å²) in [6, 6.07) is 0.0548. The lowest BCUT2D eigenvalue weighted by molar-refractivity contribution is -0.122. The van der Waals surface area contributed by atoms with Crippen LogP contribution in [0.15, 0.2) is 0 Å². The predicted molar refractivity (Wildman–Crippen MR) is 76.9 cm³/mol. The summed E-state index contributed by atoms with van der Waals surface area (Å²) in [6.07, 6.45) is 3.08. The first-order valence-corrected chi connectivity index (χ1v) is 7.30. The Hall–Kier alpha value is -0.650. The number of methoxy groups -OCH3 is 1. The first-order chi connectivity index (χ1) is 9.04. The standard InChI is InChI=1S/C14H29N3O2/c1-11(2)9-13(15)14(18)16-10-12-5-4-6-17(12)7-8-19-3/h11-13H,4-10,15H2,1-3H3,(H,16,18)/t12?,13-/m0/s1. The third-order valence-electron chi connectivity index (χ3n) is 3.66. The lowest BCUT2D eigenvalue weighted by Crippen LogP contribution is -2.47. The molecule has 2 atom stereocenters. The molecule has 1 rings (SSSR count). The second-order valence-corrected chi connectivity index (χ2v) is 5.81. The van der Waals surface area contributed by atoms with E-state index in [1.165, 1.54) is 6.42 Å². The number of nitrogens with two attached hydrogens (primary N) is 1. The van der Waals surface area contributed by atoms with Crippen molar-refractivity contribution in [3.05, 3.63) is 0 Å². The summed E-state index contributed by atoms with van der Waals surface area (Å²) in [6.45, 7) is 7.65. The molecule has 1 saturated heterocycles. The fourth-order valence-corrected chi connectivity index (χ4v) is 2.59. The van der Waals surface area contributed by atoms with Crippen molar-refractivity contribution in [1.29, 1.82) is 0 Å². The fourth-order valence-electron chi connectivity index (χ4n) is 2.59. The maximum absolute atomic E-state index is 11.9. The second kappa shape index (κ2) is 8.51. The van der Waals surface area contributed by atoms with Crippen LogP contribution in [-0.4, -0.2) is 56.2 Å². The molecule has 3 N–H and O–H groups in total. The second-order valence-electron chi connectivity index (χ2n) is 5.81. The van der Waals surface area contributed by atoms with Crippen LogP contribution in [0.2, 0.25) is 0 Å². The molecule has 1 aliphatic rings. The van der Waals surface area contributed by atoms with Crippen LogP contribution in [0.4, 0.5) is 0 Å². The first kappa shape index (κ1) is 16.4. The van der Waals surface area contributed by atoms with Crippen LogP contribution in [0.1, 0.15) is 33.1 Å². The van der Waals surface area contributed by atoms with E-state index in [4.69, 9.17) is 10.5 Å². The lowest BCUT2D eigenvalue weighted by Gasteiger charge is -2.25. The molecule has 0 aromatic carbocycles. The summed E-state index contributed by atoms with van der Waals surface area (Å²) in [4.78, 5) is 14.3. The van der Waals surface area contributed by atoms with Crippen LogP contribution in [0.5, 0.6) is 0 Å². The summed E-state index contributed by atoms with van der Waals surface area (Å²) in [5, 5.41) is 2.99. The van der Waals surface area contributed by atoms with Gasteiger partial charge in [0.05, 0.1) is 12.6 Å². The smallest absolute Gasteiger partial charge is 0.236 e. The van der Waals surface area contributed by atoms with Crippen molar-refractivity contribution in [3.63, 3.8) is 0 Å². The van der Waals surface area contributed by atoms with Gasteiger partial charge in [-0.05, 0) is 31.7 Å². The zero-order chi connectivity index (χ0) is 14.3. The molecule has 112 valence electrons. The van der Waals surface area contributed by atoms with E-state index in [0.29, 0.717) is 18.5 Å². The summed E-state index contributed by atoms with van der Waals surface area (Å²) in [5.41, 5.74) is 5.87. The Bertz CT molecular complexity index is 271. The normalized spacial score (nSPS) is 21.8. The number of carbonyl (C=O) groups is 1. The quantitative estimate of drug-likeness (QED) is 0.678. The van der Waals surface area contributed by atoms with Gasteiger partial charge in [0, 0.05) is 26.2 Å². The highest BCUT2D eigenvalue weighted by molar-refractivity contribution is 5.81. The summed E-state index contributed by atoms with van der Waals surface area (Å²) >= 11 is 0. The summed E-state index contributed by atoms with van der Waals surface area (Å²) in [5.74, 6) is 0.428. The Labute approximate surface area is 116 Å². The Morgan fingerprint density at radius 1 is 1.53 bits per heavy atom. The lowest BCUT2D eigenvalue weighted by atomic mass is 10.0. The molecule has 0 spiro atoms. The van der Waals surface area contributed by atoms with Crippen molar-refractivity contribution in [1.82, 2.24) is 10.2 Å². The highest BCUT2D eigenvalue weighted by atomic mass is 16.5. The van der Waals surface area contributed by atoms with E-state index in [-0.39, 0.29) is 11.9 Å². The number of carbonyl (C=O) groups excluding carboxylic acids is 1. The van der Waals surface area contributed by atoms with Gasteiger partial charge in [-0.2, -0.15) is 0 Å². The maximum atomic E-state index is 11.9. The van der Waals surface area contributed by atoms with Crippen LogP contribution in [0.25, 0.3) is 0 Å². The molecule has 1 heterocycles. The average molecular weight is 271 g/mol. The Morgan fingerprint density at radius 2 is 2.26 bits per heavy atom. The largest absolute Gasteiger partial charge is 0.383 e. The number of nitrogens with one attached hydrogen (secondary N) is 1. The van der Waals surface area contributed by atoms with Gasteiger partial charge < -0.3 is 15.8 Å². The molecule has 1 fully saturated rings. The number of ether oxygens (including phenoxy) is 1. The van der Waals surface area contributed by atoms with Gasteiger partial charge in [-0.3, -0.25) is 9.69 Å². The van der Waals surface area contributed by atoms with E-state index in [0.717, 1.165) is 32.5 Å². The molecule has 5 nitrogen and oxygen atoms in total. The molecule has 0 bridgehead atoms. The van der Waals surface area contributed by atoms with Gasteiger partial charge >= 0.3 is 0 Å². The third-order valence-corrected chi connectivity index (χ3v) is 3.66. The molecule has 0 saturated carbocycles. The van der Waals surface area contributed by atoms with Gasteiger partial charge in [-0.15, -0.1) is 0 Å². The minimum absolute atomic E-state index is 0.0210. The average Bonchev–Trinajstić information content (AvgIpc) is 2.79. The molecule has 0 aromatic heterocycles. The van der Waals surface area contributed by atoms with Crippen LogP contribution in [-0.2, 0) is 9.53 Å². The molecule has 0 aliphatic carbocycles. The van der Waals surface area contributed by atoms with Gasteiger partial charge in [0.1, 0.15) is 0 Å². The predicted octanol–water partition coefficient (Wildman–Crippen LogP) is 0.587. The Kier molecular flexibility index (Phi) is 7.34. The van der Waals surface area contributed by atoms with E-state index in [1.54, 1.807) is 7.11 Å². The fraction of sp³-hybridized carbons (Fsp3) is 0.929. The van der Waals surface area contributed by atoms with Gasteiger partial charge in [-0.1, -0.05) is 13.8 Å². The van der Waals surface area contributed by atoms with Gasteiger partial charge in [-0.25, -0.2) is 0 Å². The minimum atomic E-state index is -0.381. The van der Waals surface area contributed by atoms with Gasteiger partial charge in [0.25, 0.3) is 0 Å². The van der Waals surface area contributed by atoms with E-state index in [9.17, 15) is 4.79 Å². The van der Waals surface area contributed by atoms with Crippen LogP contribution >= 0.6 is 0 Å². The molecular formula is C14H29N3O2. The van der Waals surface area contributed by atoms with Crippen molar-refractivity contribution in [2.24, 2.45) is 11.7 Å². The van der Waals surface area contributed by atoms with Crippen molar-refractivity contribution in [3.8, 4) is 0 Å². The first-order valence-electron chi connectivity index (χ1n) is 7.30. The Morgan fingerprint density at radius 3 is 2.89 bits per heavy atom. The molecule has 0 radical (unpaired) electrons. The number of amides is 1. The maximum Gasteiger partial charge on any atom is 0.236 e. The number of rotatable bonds is 8. The molecule has 1 amide bonds. The SMILES string of the molecule is COCCN1CCCC1CNC(=O)[C@@H](N)CC(C)C. The van der Waals surface area contributed by atoms with E-state index >= 15 is 0 Å². The van der Waals surface area contributed by atoms with Crippen molar-refractivity contribution >= 4 is 5.91 Å². The van der Waals surface area contributed by atoms with Crippen molar-refractivity contribution in [2.75, 3.05) is 33.4 Å². The molecule has 0 aromatic rings. The number of hydrogen-bond acceptors (Lipinski definition) is 4. The van der Waals surface area contributed by atoms with Gasteiger partial charge in [0.2, 0.25) is 5.91 Å². The van der Waals surface area contributed by atoms with Crippen LogP contribution < -0.4 is 11.1 Å². The third kappa shape index (κ3) is 5.89. The zero-order valence-corrected chi connectivity index (χ0v) is 12.5. The summed E-state index contributed by atoms with van der Waals surface area (Å²) < 4.78 is 5.11. The number of nitrogens with zero attached hydrogens (tertiary/aromatic N) is 1. The van der Waals surface area contributed by atoms with E-state index < -0.39 is 0 Å². The van der Waals surface area contributed by atoms with Crippen molar-refractivity contribution in [2.45, 2.75) is 45.2 Å². The minimum Gasteiger partial charge on any atom is -0.383 e. The van der Waals surface area contributed by atoms with Crippen LogP contribution in [0, 0.1) is 5.92 Å². The van der Waals surface area contributed by atoms with E-state index in [1.807, 2.05) is 0 Å². The molecule has 5 heteroatoms. The molecule has 19 heavy (non-hydrogen) atoms. The Balaban J connectivity index is 2.28. The van der Waals surface area contributed by atoms with E-state index in [2.05, 4.69) is 24.1 Å². The number of likely N-dealkylation sites (tertiary alicyclic amines) is 1. The molecule has 1 aliphatic heterocycles. The summed E-state index contributed by atoms with van der Waals surface area (Å²) in [7, 11) is 1.72. The number of hydrogen-bond donors (Lipinski definition) is 2. The zero-order valence-electron chi connectivity index (χ0n) is 12.5. The molecular weight excluding hydrogens is 242 g/mol. The van der Waals surface area contributed by atoms with Crippen LogP contribution in [0.3, 0.4) is 0 Å². The highest BCUT2D eigenvalue weighted by Gasteiger charge is 2.25.